The molecule has 0 saturated heterocycles. The van der Waals surface area contributed by atoms with Crippen LogP contribution in [0.2, 0.25) is 0 Å². The molecule has 0 saturated carbocycles. The van der Waals surface area contributed by atoms with Crippen molar-refractivity contribution in [1.82, 2.24) is 10.6 Å². The van der Waals surface area contributed by atoms with E-state index >= 15 is 0 Å². The maximum atomic E-state index is 11.9. The molecule has 6 nitrogen and oxygen atoms in total. The highest BCUT2D eigenvalue weighted by Gasteiger charge is 2.04. The lowest BCUT2D eigenvalue weighted by Gasteiger charge is -2.08. The first-order valence-corrected chi connectivity index (χ1v) is 15.4. The van der Waals surface area contributed by atoms with Gasteiger partial charge in [0.05, 0.1) is 12.2 Å². The second kappa shape index (κ2) is 26.9. The van der Waals surface area contributed by atoms with Crippen LogP contribution in [0, 0.1) is 0 Å². The predicted octanol–water partition coefficient (Wildman–Crippen LogP) is 6.56. The van der Waals surface area contributed by atoms with E-state index in [1.807, 2.05) is 13.8 Å². The molecule has 0 radical (unpaired) electrons. The zero-order valence-corrected chi connectivity index (χ0v) is 23.8. The topological polar surface area (TPSA) is 98.7 Å². The number of carbonyl (C=O) groups is 2. The first kappa shape index (κ1) is 34.9. The fourth-order valence-corrected chi connectivity index (χ4v) is 4.39. The molecule has 0 aliphatic carbocycles. The Morgan fingerprint density at radius 1 is 0.500 bits per heavy atom. The number of carbonyl (C=O) groups excluding carboxylic acids is 2. The minimum Gasteiger partial charge on any atom is -0.393 e. The Bertz CT molecular complexity index is 457. The summed E-state index contributed by atoms with van der Waals surface area (Å²) in [6.45, 7) is 5.55. The number of nitrogens with one attached hydrogen (secondary N) is 2. The third-order valence-electron chi connectivity index (χ3n) is 7.07. The van der Waals surface area contributed by atoms with Crippen LogP contribution < -0.4 is 10.6 Å². The van der Waals surface area contributed by atoms with Gasteiger partial charge in [0.2, 0.25) is 11.8 Å². The van der Waals surface area contributed by atoms with Crippen molar-refractivity contribution in [2.24, 2.45) is 0 Å². The molecule has 0 aliphatic rings. The fraction of sp³-hybridized carbons (Fsp3) is 0.933. The molecule has 0 spiro atoms. The van der Waals surface area contributed by atoms with Crippen molar-refractivity contribution in [2.45, 2.75) is 167 Å². The molecule has 0 aromatic carbocycles. The Labute approximate surface area is 222 Å². The molecule has 36 heavy (non-hydrogen) atoms. The van der Waals surface area contributed by atoms with Crippen molar-refractivity contribution in [3.63, 3.8) is 0 Å². The minimum absolute atomic E-state index is 0.131. The van der Waals surface area contributed by atoms with Crippen LogP contribution in [0.15, 0.2) is 0 Å². The maximum absolute atomic E-state index is 11.9. The second-order valence-corrected chi connectivity index (χ2v) is 10.6. The van der Waals surface area contributed by atoms with Gasteiger partial charge in [0.15, 0.2) is 0 Å². The van der Waals surface area contributed by atoms with E-state index < -0.39 is 0 Å². The van der Waals surface area contributed by atoms with Gasteiger partial charge in [-0.1, -0.05) is 90.9 Å². The van der Waals surface area contributed by atoms with E-state index in [-0.39, 0.29) is 24.0 Å². The summed E-state index contributed by atoms with van der Waals surface area (Å²) in [5.41, 5.74) is 0. The quantitative estimate of drug-likeness (QED) is 0.0936. The summed E-state index contributed by atoms with van der Waals surface area (Å²) in [5, 5.41) is 25.1. The molecule has 0 aromatic heterocycles. The molecule has 0 aromatic rings. The highest BCUT2D eigenvalue weighted by molar-refractivity contribution is 5.76. The van der Waals surface area contributed by atoms with Crippen molar-refractivity contribution in [3.8, 4) is 0 Å². The van der Waals surface area contributed by atoms with Crippen molar-refractivity contribution in [2.75, 3.05) is 13.1 Å². The molecule has 0 fully saturated rings. The average molecular weight is 513 g/mol. The van der Waals surface area contributed by atoms with Gasteiger partial charge in [0.1, 0.15) is 0 Å². The van der Waals surface area contributed by atoms with Crippen LogP contribution in [-0.4, -0.2) is 47.3 Å². The highest BCUT2D eigenvalue weighted by Crippen LogP contribution is 2.12. The maximum Gasteiger partial charge on any atom is 0.219 e. The van der Waals surface area contributed by atoms with Crippen LogP contribution in [0.5, 0.6) is 0 Å². The molecule has 2 amide bonds. The molecule has 0 heterocycles. The Hall–Kier alpha value is -1.14. The number of aliphatic hydroxyl groups is 2. The predicted molar refractivity (Wildman–Crippen MR) is 151 cm³/mol. The average Bonchev–Trinajstić information content (AvgIpc) is 2.88. The van der Waals surface area contributed by atoms with Crippen molar-refractivity contribution < 1.29 is 19.8 Å². The number of hydrogen-bond acceptors (Lipinski definition) is 4. The number of rotatable bonds is 27. The second-order valence-electron chi connectivity index (χ2n) is 10.6. The normalized spacial score (nSPS) is 12.9. The smallest absolute Gasteiger partial charge is 0.219 e. The zero-order valence-electron chi connectivity index (χ0n) is 23.8. The van der Waals surface area contributed by atoms with Crippen LogP contribution in [-0.2, 0) is 9.59 Å². The van der Waals surface area contributed by atoms with Crippen LogP contribution in [0.1, 0.15) is 155 Å². The van der Waals surface area contributed by atoms with Crippen LogP contribution >= 0.6 is 0 Å². The summed E-state index contributed by atoms with van der Waals surface area (Å²) < 4.78 is 0. The van der Waals surface area contributed by atoms with Gasteiger partial charge in [0.25, 0.3) is 0 Å². The Kier molecular flexibility index (Phi) is 26.1. The summed E-state index contributed by atoms with van der Waals surface area (Å²) >= 11 is 0. The van der Waals surface area contributed by atoms with Crippen molar-refractivity contribution in [3.05, 3.63) is 0 Å². The molecule has 2 atom stereocenters. The van der Waals surface area contributed by atoms with Crippen LogP contribution in [0.4, 0.5) is 0 Å². The summed E-state index contributed by atoms with van der Waals surface area (Å²) in [4.78, 5) is 23.8. The van der Waals surface area contributed by atoms with E-state index in [2.05, 4.69) is 10.6 Å². The van der Waals surface area contributed by atoms with Gasteiger partial charge in [-0.05, 0) is 51.4 Å². The van der Waals surface area contributed by atoms with E-state index in [1.54, 1.807) is 0 Å². The van der Waals surface area contributed by atoms with Gasteiger partial charge in [-0.2, -0.15) is 0 Å². The van der Waals surface area contributed by atoms with E-state index in [9.17, 15) is 19.8 Å². The van der Waals surface area contributed by atoms with Gasteiger partial charge in [0, 0.05) is 25.9 Å². The van der Waals surface area contributed by atoms with Crippen LogP contribution in [0.3, 0.4) is 0 Å². The first-order valence-electron chi connectivity index (χ1n) is 15.4. The van der Waals surface area contributed by atoms with E-state index in [0.717, 1.165) is 103 Å². The lowest BCUT2D eigenvalue weighted by molar-refractivity contribution is -0.122. The Morgan fingerprint density at radius 3 is 1.17 bits per heavy atom. The zero-order chi connectivity index (χ0) is 26.7. The van der Waals surface area contributed by atoms with Gasteiger partial charge in [-0.15, -0.1) is 0 Å². The van der Waals surface area contributed by atoms with Gasteiger partial charge >= 0.3 is 0 Å². The molecule has 6 heteroatoms. The Morgan fingerprint density at radius 2 is 0.806 bits per heavy atom. The lowest BCUT2D eigenvalue weighted by atomic mass is 10.1. The molecule has 214 valence electrons. The highest BCUT2D eigenvalue weighted by atomic mass is 16.3. The molecule has 4 N–H and O–H groups in total. The molecule has 0 rings (SSSR count). The summed E-state index contributed by atoms with van der Waals surface area (Å²) in [5.74, 6) is 0.340. The van der Waals surface area contributed by atoms with Gasteiger partial charge in [-0.3, -0.25) is 9.59 Å². The molecule has 0 bridgehead atoms. The number of unbranched alkanes of at least 4 members (excludes halogenated alkanes) is 13. The number of hydrogen-bond donors (Lipinski definition) is 4. The third kappa shape index (κ3) is 25.9. The molecule has 2 unspecified atom stereocenters. The van der Waals surface area contributed by atoms with E-state index in [1.165, 1.54) is 38.5 Å². The van der Waals surface area contributed by atoms with Gasteiger partial charge in [-0.25, -0.2) is 0 Å². The number of amides is 2. The Balaban J connectivity index is 3.30. The monoisotopic (exact) mass is 512 g/mol. The summed E-state index contributed by atoms with van der Waals surface area (Å²) in [6, 6.07) is 0. The first-order chi connectivity index (χ1) is 17.5. The molecular weight excluding hydrogens is 452 g/mol. The largest absolute Gasteiger partial charge is 0.393 e. The van der Waals surface area contributed by atoms with E-state index in [4.69, 9.17) is 0 Å². The lowest BCUT2D eigenvalue weighted by Crippen LogP contribution is -2.24. The van der Waals surface area contributed by atoms with Crippen molar-refractivity contribution in [1.29, 1.82) is 0 Å². The van der Waals surface area contributed by atoms with Crippen LogP contribution in [0.25, 0.3) is 0 Å². The molecule has 0 aliphatic heterocycles. The van der Waals surface area contributed by atoms with Gasteiger partial charge < -0.3 is 20.8 Å². The molecular formula is C30H60N2O4. The van der Waals surface area contributed by atoms with Crippen molar-refractivity contribution >= 4 is 11.8 Å². The minimum atomic E-state index is -0.131. The third-order valence-corrected chi connectivity index (χ3v) is 7.07. The fourth-order valence-electron chi connectivity index (χ4n) is 4.39. The summed E-state index contributed by atoms with van der Waals surface area (Å²) in [7, 11) is 0. The SMILES string of the molecule is CCC(O)CCCCCCCCC(=O)NCCCCCCNC(=O)CCCCCCCCC(O)CC. The summed E-state index contributed by atoms with van der Waals surface area (Å²) in [6.07, 6.45) is 22.2. The standard InChI is InChI=1S/C30H60N2O4/c1-3-27(33)21-15-9-5-7-11-17-23-29(35)31-25-19-13-14-20-26-32-30(36)24-18-12-8-6-10-16-22-28(34)4-2/h27-28,33-34H,3-26H2,1-2H3,(H,31,35)(H,32,36). The van der Waals surface area contributed by atoms with E-state index in [0.29, 0.717) is 12.8 Å². The number of aliphatic hydroxyl groups excluding tert-OH is 2.